The van der Waals surface area contributed by atoms with Crippen molar-refractivity contribution in [3.63, 3.8) is 0 Å². The van der Waals surface area contributed by atoms with E-state index in [1.54, 1.807) is 5.56 Å². The maximum absolute atomic E-state index is 2.45. The highest BCUT2D eigenvalue weighted by atomic mass is 14.7. The van der Waals surface area contributed by atoms with Gasteiger partial charge in [-0.3, -0.25) is 0 Å². The molecule has 0 heteroatoms. The monoisotopic (exact) mass is 200 g/mol. The Kier molecular flexibility index (Phi) is 1.95. The molecule has 2 atom stereocenters. The molecule has 1 aromatic carbocycles. The fraction of sp³-hybridized carbons (Fsp3) is 0.600. The second-order valence-electron chi connectivity index (χ2n) is 5.62. The Bertz CT molecular complexity index is 354. The average Bonchev–Trinajstić information content (AvgIpc) is 2.66. The molecule has 0 bridgehead atoms. The second-order valence-corrected chi connectivity index (χ2v) is 5.62. The number of aryl methyl sites for hydroxylation is 1. The molecule has 15 heavy (non-hydrogen) atoms. The van der Waals surface area contributed by atoms with Gasteiger partial charge in [0.2, 0.25) is 0 Å². The first-order valence-electron chi connectivity index (χ1n) is 6.31. The van der Waals surface area contributed by atoms with Crippen LogP contribution in [0.2, 0.25) is 0 Å². The molecule has 2 saturated carbocycles. The Morgan fingerprint density at radius 1 is 1.07 bits per heavy atom. The second kappa shape index (κ2) is 3.10. The van der Waals surface area contributed by atoms with Crippen LogP contribution < -0.4 is 0 Å². The maximum Gasteiger partial charge on any atom is -0.00714 e. The largest absolute Gasteiger partial charge is 0.0613 e. The van der Waals surface area contributed by atoms with Gasteiger partial charge >= 0.3 is 0 Å². The lowest BCUT2D eigenvalue weighted by atomic mass is 9.97. The van der Waals surface area contributed by atoms with Crippen LogP contribution in [0.15, 0.2) is 24.3 Å². The first-order valence-corrected chi connectivity index (χ1v) is 6.31. The van der Waals surface area contributed by atoms with Gasteiger partial charge in [0.1, 0.15) is 0 Å². The van der Waals surface area contributed by atoms with Gasteiger partial charge in [0, 0.05) is 0 Å². The fourth-order valence-corrected chi connectivity index (χ4v) is 3.89. The molecule has 0 aliphatic heterocycles. The maximum atomic E-state index is 2.45. The zero-order chi connectivity index (χ0) is 10.5. The summed E-state index contributed by atoms with van der Waals surface area (Å²) in [5, 5.41) is 0. The fourth-order valence-electron chi connectivity index (χ4n) is 3.89. The minimum atomic E-state index is 0.718. The van der Waals surface area contributed by atoms with Gasteiger partial charge in [0.05, 0.1) is 0 Å². The van der Waals surface area contributed by atoms with Crippen molar-refractivity contribution in [2.24, 2.45) is 11.3 Å². The average molecular weight is 200 g/mol. The van der Waals surface area contributed by atoms with Crippen LogP contribution in [0.5, 0.6) is 0 Å². The van der Waals surface area contributed by atoms with Gasteiger partial charge in [0.25, 0.3) is 0 Å². The molecule has 1 unspecified atom stereocenters. The summed E-state index contributed by atoms with van der Waals surface area (Å²) in [7, 11) is 0. The highest BCUT2D eigenvalue weighted by Crippen LogP contribution is 2.71. The Hall–Kier alpha value is -0.780. The van der Waals surface area contributed by atoms with E-state index in [-0.39, 0.29) is 0 Å². The van der Waals surface area contributed by atoms with Crippen molar-refractivity contribution in [3.05, 3.63) is 35.4 Å². The van der Waals surface area contributed by atoms with Crippen LogP contribution in [0.3, 0.4) is 0 Å². The van der Waals surface area contributed by atoms with Gasteiger partial charge in [-0.15, -0.1) is 0 Å². The van der Waals surface area contributed by atoms with E-state index in [4.69, 9.17) is 0 Å². The summed E-state index contributed by atoms with van der Waals surface area (Å²) in [6.07, 6.45) is 5.89. The molecule has 0 radical (unpaired) electrons. The molecule has 0 amide bonds. The van der Waals surface area contributed by atoms with Crippen LogP contribution in [0.25, 0.3) is 0 Å². The lowest BCUT2D eigenvalue weighted by molar-refractivity contribution is 0.476. The van der Waals surface area contributed by atoms with Gasteiger partial charge < -0.3 is 0 Å². The normalized spacial score (nSPS) is 32.1. The Morgan fingerprint density at radius 3 is 2.27 bits per heavy atom. The minimum Gasteiger partial charge on any atom is -0.0613 e. The van der Waals surface area contributed by atoms with E-state index in [1.807, 2.05) is 0 Å². The number of hydrogen-bond donors (Lipinski definition) is 0. The molecule has 0 saturated heterocycles. The Labute approximate surface area is 92.7 Å². The molecule has 1 spiro atoms. The third-order valence-corrected chi connectivity index (χ3v) is 4.89. The molecule has 0 nitrogen and oxygen atoms in total. The van der Waals surface area contributed by atoms with E-state index >= 15 is 0 Å². The molecule has 3 rings (SSSR count). The van der Waals surface area contributed by atoms with Crippen LogP contribution in [-0.2, 0) is 0 Å². The summed E-state index contributed by atoms with van der Waals surface area (Å²) in [4.78, 5) is 0. The number of rotatable bonds is 1. The minimum absolute atomic E-state index is 0.718. The molecule has 2 aliphatic rings. The molecular formula is C15H20. The highest BCUT2D eigenvalue weighted by molar-refractivity contribution is 5.34. The Balaban J connectivity index is 1.87. The van der Waals surface area contributed by atoms with Gasteiger partial charge in [0.15, 0.2) is 0 Å². The van der Waals surface area contributed by atoms with Gasteiger partial charge in [-0.1, -0.05) is 49.6 Å². The summed E-state index contributed by atoms with van der Waals surface area (Å²) in [5.41, 5.74) is 3.69. The van der Waals surface area contributed by atoms with Crippen molar-refractivity contribution in [1.82, 2.24) is 0 Å². The van der Waals surface area contributed by atoms with E-state index in [9.17, 15) is 0 Å². The van der Waals surface area contributed by atoms with Crippen LogP contribution in [0.4, 0.5) is 0 Å². The van der Waals surface area contributed by atoms with Crippen molar-refractivity contribution < 1.29 is 0 Å². The zero-order valence-electron chi connectivity index (χ0n) is 9.79. The molecular weight excluding hydrogens is 180 g/mol. The van der Waals surface area contributed by atoms with Crippen LogP contribution >= 0.6 is 0 Å². The van der Waals surface area contributed by atoms with Crippen molar-refractivity contribution >= 4 is 0 Å². The van der Waals surface area contributed by atoms with Crippen molar-refractivity contribution in [3.8, 4) is 0 Å². The smallest absolute Gasteiger partial charge is 0.00714 e. The first-order chi connectivity index (χ1) is 7.24. The summed E-state index contributed by atoms with van der Waals surface area (Å²) in [6, 6.07) is 9.24. The van der Waals surface area contributed by atoms with Crippen LogP contribution in [0.1, 0.15) is 49.7 Å². The summed E-state index contributed by atoms with van der Waals surface area (Å²) in [5.74, 6) is 1.81. The summed E-state index contributed by atoms with van der Waals surface area (Å²) >= 11 is 0. The van der Waals surface area contributed by atoms with Crippen molar-refractivity contribution in [2.75, 3.05) is 0 Å². The highest BCUT2D eigenvalue weighted by Gasteiger charge is 2.62. The molecule has 1 aromatic rings. The zero-order valence-corrected chi connectivity index (χ0v) is 9.79. The van der Waals surface area contributed by atoms with Crippen LogP contribution in [0, 0.1) is 18.3 Å². The molecule has 0 N–H and O–H groups in total. The van der Waals surface area contributed by atoms with E-state index in [2.05, 4.69) is 38.1 Å². The molecule has 0 heterocycles. The van der Waals surface area contributed by atoms with E-state index in [0.717, 1.165) is 17.3 Å². The Morgan fingerprint density at radius 2 is 1.67 bits per heavy atom. The lowest BCUT2D eigenvalue weighted by Crippen LogP contribution is -1.96. The lowest BCUT2D eigenvalue weighted by Gasteiger charge is -2.08. The quantitative estimate of drug-likeness (QED) is 0.634. The van der Waals surface area contributed by atoms with Gasteiger partial charge in [-0.05, 0) is 42.6 Å². The van der Waals surface area contributed by atoms with E-state index in [1.165, 1.54) is 31.2 Å². The topological polar surface area (TPSA) is 0 Å². The van der Waals surface area contributed by atoms with E-state index < -0.39 is 0 Å². The first kappa shape index (κ1) is 9.45. The predicted molar refractivity (Wildman–Crippen MR) is 64.0 cm³/mol. The van der Waals surface area contributed by atoms with Gasteiger partial charge in [-0.25, -0.2) is 0 Å². The third kappa shape index (κ3) is 1.27. The molecule has 80 valence electrons. The van der Waals surface area contributed by atoms with Crippen molar-refractivity contribution in [1.29, 1.82) is 0 Å². The summed E-state index contributed by atoms with van der Waals surface area (Å²) in [6.45, 7) is 4.63. The van der Waals surface area contributed by atoms with Crippen molar-refractivity contribution in [2.45, 2.75) is 45.4 Å². The standard InChI is InChI=1S/C15H20/c1-11-5-7-13(8-6-11)14-12(2)15(14)9-3-4-10-15/h5-8,12,14H,3-4,9-10H2,1-2H3/t12-,14?/m1/s1. The molecule has 0 aromatic heterocycles. The SMILES string of the molecule is Cc1ccc(C2[C@@H](C)C23CCCC3)cc1. The van der Waals surface area contributed by atoms with Gasteiger partial charge in [-0.2, -0.15) is 0 Å². The molecule has 2 aliphatic carbocycles. The van der Waals surface area contributed by atoms with E-state index in [0.29, 0.717) is 0 Å². The van der Waals surface area contributed by atoms with Crippen LogP contribution in [-0.4, -0.2) is 0 Å². The predicted octanol–water partition coefficient (Wildman–Crippen LogP) is 4.29. The third-order valence-electron chi connectivity index (χ3n) is 4.89. The molecule has 2 fully saturated rings. The summed E-state index contributed by atoms with van der Waals surface area (Å²) < 4.78 is 0. The number of benzene rings is 1. The number of hydrogen-bond acceptors (Lipinski definition) is 0.